The summed E-state index contributed by atoms with van der Waals surface area (Å²) in [5.74, 6) is -3.20. The standard InChI is InChI=1S/C8H5BrF3NO2S/c9-6-2-1-5(16-6)4-3-7(14,15-13-4)8(10,11)12/h1-2,14H,3H2. The van der Waals surface area contributed by atoms with E-state index in [1.165, 1.54) is 11.3 Å². The summed E-state index contributed by atoms with van der Waals surface area (Å²) in [5, 5.41) is 12.5. The third-order valence-electron chi connectivity index (χ3n) is 2.01. The number of rotatable bonds is 1. The van der Waals surface area contributed by atoms with Gasteiger partial charge in [0.2, 0.25) is 0 Å². The predicted molar refractivity (Wildman–Crippen MR) is 55.3 cm³/mol. The highest BCUT2D eigenvalue weighted by Gasteiger charge is 2.60. The third-order valence-corrected chi connectivity index (χ3v) is 3.69. The van der Waals surface area contributed by atoms with E-state index in [2.05, 4.69) is 25.9 Å². The van der Waals surface area contributed by atoms with Crippen molar-refractivity contribution in [3.8, 4) is 0 Å². The number of thiophene rings is 1. The lowest BCUT2D eigenvalue weighted by Gasteiger charge is -2.22. The Balaban J connectivity index is 2.19. The van der Waals surface area contributed by atoms with Crippen LogP contribution in [0.15, 0.2) is 21.1 Å². The maximum Gasteiger partial charge on any atom is 0.458 e. The fourth-order valence-corrected chi connectivity index (χ4v) is 2.54. The molecular formula is C8H5BrF3NO2S. The van der Waals surface area contributed by atoms with Crippen molar-refractivity contribution in [3.05, 3.63) is 20.8 Å². The smallest absolute Gasteiger partial charge is 0.350 e. The average Bonchev–Trinajstić information content (AvgIpc) is 2.71. The average molecular weight is 316 g/mol. The Kier molecular flexibility index (Phi) is 2.75. The summed E-state index contributed by atoms with van der Waals surface area (Å²) in [6.07, 6.45) is -5.55. The Bertz CT molecular complexity index is 445. The Morgan fingerprint density at radius 2 is 2.19 bits per heavy atom. The number of nitrogens with zero attached hydrogens (tertiary/aromatic N) is 1. The van der Waals surface area contributed by atoms with Gasteiger partial charge in [0.25, 0.3) is 0 Å². The zero-order valence-corrected chi connectivity index (χ0v) is 9.99. The number of halogens is 4. The van der Waals surface area contributed by atoms with E-state index < -0.39 is 18.4 Å². The van der Waals surface area contributed by atoms with Gasteiger partial charge in [-0.1, -0.05) is 5.16 Å². The fraction of sp³-hybridized carbons (Fsp3) is 0.375. The quantitative estimate of drug-likeness (QED) is 0.866. The zero-order chi connectivity index (χ0) is 12.0. The van der Waals surface area contributed by atoms with Crippen LogP contribution in [-0.4, -0.2) is 22.8 Å². The van der Waals surface area contributed by atoms with Crippen molar-refractivity contribution in [1.29, 1.82) is 0 Å². The van der Waals surface area contributed by atoms with Crippen LogP contribution in [0.4, 0.5) is 13.2 Å². The molecule has 0 radical (unpaired) electrons. The lowest BCUT2D eigenvalue weighted by Crippen LogP contribution is -2.45. The van der Waals surface area contributed by atoms with Crippen molar-refractivity contribution in [3.63, 3.8) is 0 Å². The molecule has 1 atom stereocenters. The molecule has 16 heavy (non-hydrogen) atoms. The van der Waals surface area contributed by atoms with Crippen LogP contribution in [0, 0.1) is 0 Å². The summed E-state index contributed by atoms with van der Waals surface area (Å²) in [6, 6.07) is 3.30. The van der Waals surface area contributed by atoms with Gasteiger partial charge in [0.1, 0.15) is 5.71 Å². The van der Waals surface area contributed by atoms with Crippen molar-refractivity contribution < 1.29 is 23.1 Å². The van der Waals surface area contributed by atoms with E-state index in [-0.39, 0.29) is 5.71 Å². The number of hydrogen-bond acceptors (Lipinski definition) is 4. The van der Waals surface area contributed by atoms with E-state index in [9.17, 15) is 18.3 Å². The maximum atomic E-state index is 12.4. The molecule has 1 aromatic heterocycles. The van der Waals surface area contributed by atoms with Gasteiger partial charge < -0.3 is 9.94 Å². The molecule has 3 nitrogen and oxygen atoms in total. The van der Waals surface area contributed by atoms with Crippen LogP contribution >= 0.6 is 27.3 Å². The molecule has 0 saturated heterocycles. The SMILES string of the molecule is OC1(C(F)(F)F)CC(c2ccc(Br)s2)=NO1. The van der Waals surface area contributed by atoms with E-state index >= 15 is 0 Å². The fourth-order valence-electron chi connectivity index (χ4n) is 1.18. The van der Waals surface area contributed by atoms with Gasteiger partial charge in [0, 0.05) is 0 Å². The monoisotopic (exact) mass is 315 g/mol. The summed E-state index contributed by atoms with van der Waals surface area (Å²) in [7, 11) is 0. The number of alkyl halides is 3. The molecule has 1 N–H and O–H groups in total. The molecular weight excluding hydrogens is 311 g/mol. The van der Waals surface area contributed by atoms with E-state index in [1.54, 1.807) is 12.1 Å². The van der Waals surface area contributed by atoms with Gasteiger partial charge in [-0.25, -0.2) is 0 Å². The van der Waals surface area contributed by atoms with Crippen LogP contribution < -0.4 is 0 Å². The molecule has 1 aromatic rings. The Morgan fingerprint density at radius 1 is 1.50 bits per heavy atom. The topological polar surface area (TPSA) is 41.8 Å². The molecule has 0 aliphatic carbocycles. The van der Waals surface area contributed by atoms with E-state index in [1.807, 2.05) is 0 Å². The molecule has 0 amide bonds. The van der Waals surface area contributed by atoms with E-state index in [0.717, 1.165) is 3.79 Å². The summed E-state index contributed by atoms with van der Waals surface area (Å²) in [5.41, 5.74) is 0.0931. The first-order valence-electron chi connectivity index (χ1n) is 4.12. The lowest BCUT2D eigenvalue weighted by molar-refractivity contribution is -0.355. The van der Waals surface area contributed by atoms with Gasteiger partial charge in [-0.05, 0) is 28.1 Å². The van der Waals surface area contributed by atoms with Gasteiger partial charge in [-0.2, -0.15) is 13.2 Å². The van der Waals surface area contributed by atoms with Gasteiger partial charge in [-0.3, -0.25) is 0 Å². The van der Waals surface area contributed by atoms with E-state index in [0.29, 0.717) is 4.88 Å². The minimum Gasteiger partial charge on any atom is -0.350 e. The van der Waals surface area contributed by atoms with Crippen LogP contribution in [0.3, 0.4) is 0 Å². The largest absolute Gasteiger partial charge is 0.458 e. The second-order valence-corrected chi connectivity index (χ2v) is 5.65. The van der Waals surface area contributed by atoms with Crippen LogP contribution in [-0.2, 0) is 4.84 Å². The Hall–Kier alpha value is -0.600. The second-order valence-electron chi connectivity index (χ2n) is 3.19. The van der Waals surface area contributed by atoms with Crippen molar-refractivity contribution >= 4 is 33.0 Å². The van der Waals surface area contributed by atoms with Gasteiger partial charge in [0.05, 0.1) is 15.1 Å². The molecule has 1 aliphatic rings. The van der Waals surface area contributed by atoms with Crippen molar-refractivity contribution in [1.82, 2.24) is 0 Å². The zero-order valence-electron chi connectivity index (χ0n) is 7.58. The first-order valence-corrected chi connectivity index (χ1v) is 5.73. The van der Waals surface area contributed by atoms with Crippen LogP contribution in [0.25, 0.3) is 0 Å². The molecule has 0 spiro atoms. The number of oxime groups is 1. The van der Waals surface area contributed by atoms with Gasteiger partial charge >= 0.3 is 12.0 Å². The molecule has 0 aromatic carbocycles. The Labute approximate surface area is 101 Å². The molecule has 88 valence electrons. The van der Waals surface area contributed by atoms with E-state index in [4.69, 9.17) is 0 Å². The minimum absolute atomic E-state index is 0.0931. The van der Waals surface area contributed by atoms with Gasteiger partial charge in [0.15, 0.2) is 0 Å². The number of hydrogen-bond donors (Lipinski definition) is 1. The molecule has 1 unspecified atom stereocenters. The lowest BCUT2D eigenvalue weighted by atomic mass is 10.1. The molecule has 0 fully saturated rings. The highest BCUT2D eigenvalue weighted by atomic mass is 79.9. The minimum atomic E-state index is -4.85. The summed E-state index contributed by atoms with van der Waals surface area (Å²) >= 11 is 4.41. The maximum absolute atomic E-state index is 12.4. The molecule has 0 bridgehead atoms. The van der Waals surface area contributed by atoms with Crippen molar-refractivity contribution in [2.45, 2.75) is 18.4 Å². The normalized spacial score (nSPS) is 25.4. The second kappa shape index (κ2) is 3.71. The highest BCUT2D eigenvalue weighted by Crippen LogP contribution is 2.40. The highest BCUT2D eigenvalue weighted by molar-refractivity contribution is 9.11. The predicted octanol–water partition coefficient (Wildman–Crippen LogP) is 2.89. The molecule has 2 heterocycles. The van der Waals surface area contributed by atoms with Crippen LogP contribution in [0.1, 0.15) is 11.3 Å². The van der Waals surface area contributed by atoms with Crippen LogP contribution in [0.2, 0.25) is 0 Å². The molecule has 1 aliphatic heterocycles. The molecule has 0 saturated carbocycles. The number of aliphatic hydroxyl groups is 1. The molecule has 8 heteroatoms. The van der Waals surface area contributed by atoms with Gasteiger partial charge in [-0.15, -0.1) is 11.3 Å². The molecule has 2 rings (SSSR count). The summed E-state index contributed by atoms with van der Waals surface area (Å²) in [6.45, 7) is 0. The summed E-state index contributed by atoms with van der Waals surface area (Å²) < 4.78 is 37.9. The first-order chi connectivity index (χ1) is 7.32. The summed E-state index contributed by atoms with van der Waals surface area (Å²) in [4.78, 5) is 4.63. The van der Waals surface area contributed by atoms with Crippen molar-refractivity contribution in [2.75, 3.05) is 0 Å². The first kappa shape index (κ1) is 11.9. The van der Waals surface area contributed by atoms with Crippen LogP contribution in [0.5, 0.6) is 0 Å². The Morgan fingerprint density at radius 3 is 2.62 bits per heavy atom. The van der Waals surface area contributed by atoms with Crippen molar-refractivity contribution in [2.24, 2.45) is 5.16 Å². The third kappa shape index (κ3) is 1.96.